The molecule has 0 saturated heterocycles. The van der Waals surface area contributed by atoms with Crippen LogP contribution in [0.4, 0.5) is 0 Å². The largest absolute Gasteiger partial charge is 0.280 e. The van der Waals surface area contributed by atoms with Crippen LogP contribution >= 0.6 is 0 Å². The summed E-state index contributed by atoms with van der Waals surface area (Å²) < 4.78 is 0. The molecule has 3 heteroatoms. The molecule has 2 heterocycles. The molecule has 2 aromatic carbocycles. The monoisotopic (exact) mass is 343 g/mol. The van der Waals surface area contributed by atoms with Crippen LogP contribution in [0.2, 0.25) is 0 Å². The Morgan fingerprint density at radius 2 is 1.62 bits per heavy atom. The van der Waals surface area contributed by atoms with E-state index in [4.69, 9.17) is 0 Å². The molecule has 1 radical (unpaired) electrons. The second-order valence-corrected chi connectivity index (χ2v) is 4.65. The summed E-state index contributed by atoms with van der Waals surface area (Å²) in [6, 6.07) is 18.9. The van der Waals surface area contributed by atoms with Gasteiger partial charge in [-0.2, -0.15) is 29.8 Å². The average molecular weight is 343 g/mol. The van der Waals surface area contributed by atoms with Crippen LogP contribution in [-0.2, 0) is 32.7 Å². The van der Waals surface area contributed by atoms with Crippen LogP contribution in [0, 0.1) is 12.1 Å². The van der Waals surface area contributed by atoms with Crippen LogP contribution in [-0.4, -0.2) is 9.97 Å². The number of rotatable bonds is 1. The Morgan fingerprint density at radius 1 is 0.810 bits per heavy atom. The Hall–Kier alpha value is -1.64. The van der Waals surface area contributed by atoms with Gasteiger partial charge >= 0.3 is 0 Å². The number of aromatic nitrogens is 2. The Balaban J connectivity index is 0.00000132. The topological polar surface area (TPSA) is 25.8 Å². The molecule has 97 valence electrons. The van der Waals surface area contributed by atoms with Crippen LogP contribution < -0.4 is 0 Å². The average Bonchev–Trinajstić information content (AvgIpc) is 2.54. The van der Waals surface area contributed by atoms with Crippen molar-refractivity contribution >= 4 is 21.5 Å². The summed E-state index contributed by atoms with van der Waals surface area (Å²) in [5, 5.41) is 4.42. The minimum Gasteiger partial charge on any atom is -0.280 e. The van der Waals surface area contributed by atoms with Crippen molar-refractivity contribution in [2.24, 2.45) is 0 Å². The van der Waals surface area contributed by atoms with Gasteiger partial charge in [0, 0.05) is 45.1 Å². The summed E-state index contributed by atoms with van der Waals surface area (Å²) in [5.74, 6) is 0. The standard InChI is InChI=1S/C18H10N2.Y/c1-2-16-12-20-9-7-18(16)17(3-1)14-4-5-15-11-19-8-6-13(15)10-14;/h1-2,4-9,11-12H;/q-2;. The number of hydrogen-bond acceptors (Lipinski definition) is 2. The molecular formula is C18H10N2Y-2. The first-order valence-corrected chi connectivity index (χ1v) is 6.43. The van der Waals surface area contributed by atoms with E-state index in [0.29, 0.717) is 0 Å². The third-order valence-corrected chi connectivity index (χ3v) is 3.43. The molecular weight excluding hydrogens is 333 g/mol. The van der Waals surface area contributed by atoms with Crippen LogP contribution in [0.3, 0.4) is 0 Å². The predicted molar refractivity (Wildman–Crippen MR) is 80.2 cm³/mol. The quantitative estimate of drug-likeness (QED) is 0.488. The molecule has 0 spiro atoms. The Kier molecular flexibility index (Phi) is 4.09. The van der Waals surface area contributed by atoms with E-state index < -0.39 is 0 Å². The minimum absolute atomic E-state index is 0. The molecule has 0 atom stereocenters. The number of fused-ring (bicyclic) bond motifs is 2. The van der Waals surface area contributed by atoms with E-state index in [9.17, 15) is 0 Å². The van der Waals surface area contributed by atoms with E-state index in [2.05, 4.69) is 34.2 Å². The number of benzene rings is 2. The van der Waals surface area contributed by atoms with Gasteiger partial charge in [0.15, 0.2) is 0 Å². The van der Waals surface area contributed by atoms with Gasteiger partial charge in [-0.15, -0.1) is 29.0 Å². The van der Waals surface area contributed by atoms with Crippen molar-refractivity contribution in [3.8, 4) is 11.1 Å². The van der Waals surface area contributed by atoms with Crippen molar-refractivity contribution < 1.29 is 32.7 Å². The van der Waals surface area contributed by atoms with Crippen molar-refractivity contribution in [2.45, 2.75) is 0 Å². The molecule has 0 saturated carbocycles. The molecule has 0 N–H and O–H groups in total. The number of nitrogens with zero attached hydrogens (tertiary/aromatic N) is 2. The fourth-order valence-electron chi connectivity index (χ4n) is 2.44. The summed E-state index contributed by atoms with van der Waals surface area (Å²) in [7, 11) is 0. The minimum atomic E-state index is 0. The zero-order valence-electron chi connectivity index (χ0n) is 11.2. The molecule has 21 heavy (non-hydrogen) atoms. The summed E-state index contributed by atoms with van der Waals surface area (Å²) in [4.78, 5) is 8.29. The van der Waals surface area contributed by atoms with Gasteiger partial charge in [0.2, 0.25) is 0 Å². The molecule has 0 bridgehead atoms. The zero-order valence-corrected chi connectivity index (χ0v) is 14.1. The predicted octanol–water partition coefficient (Wildman–Crippen LogP) is 4.05. The molecule has 4 rings (SSSR count). The van der Waals surface area contributed by atoms with Gasteiger partial charge in [0.25, 0.3) is 0 Å². The third-order valence-electron chi connectivity index (χ3n) is 3.43. The molecule has 0 amide bonds. The Morgan fingerprint density at radius 3 is 2.52 bits per heavy atom. The summed E-state index contributed by atoms with van der Waals surface area (Å²) in [5.41, 5.74) is 2.10. The maximum absolute atomic E-state index is 4.17. The van der Waals surface area contributed by atoms with E-state index in [-0.39, 0.29) is 32.7 Å². The summed E-state index contributed by atoms with van der Waals surface area (Å²) in [6.45, 7) is 0. The van der Waals surface area contributed by atoms with Crippen molar-refractivity contribution in [2.75, 3.05) is 0 Å². The Bertz CT molecular complexity index is 913. The van der Waals surface area contributed by atoms with Crippen LogP contribution in [0.1, 0.15) is 0 Å². The maximum Gasteiger partial charge on any atom is 0.0175 e. The van der Waals surface area contributed by atoms with Gasteiger partial charge in [-0.25, -0.2) is 5.56 Å². The van der Waals surface area contributed by atoms with Crippen LogP contribution in [0.25, 0.3) is 32.7 Å². The number of pyridine rings is 2. The van der Waals surface area contributed by atoms with Crippen molar-refractivity contribution in [3.63, 3.8) is 0 Å². The first kappa shape index (κ1) is 14.3. The first-order valence-electron chi connectivity index (χ1n) is 6.43. The van der Waals surface area contributed by atoms with Gasteiger partial charge in [-0.3, -0.25) is 9.97 Å². The smallest absolute Gasteiger partial charge is 0.0175 e. The van der Waals surface area contributed by atoms with Crippen molar-refractivity contribution in [1.82, 2.24) is 9.97 Å². The van der Waals surface area contributed by atoms with Crippen molar-refractivity contribution in [1.29, 1.82) is 0 Å². The molecule has 0 fully saturated rings. The molecule has 0 aliphatic heterocycles. The third kappa shape index (κ3) is 2.62. The Labute approximate surface area is 148 Å². The zero-order chi connectivity index (χ0) is 13.4. The summed E-state index contributed by atoms with van der Waals surface area (Å²) in [6.07, 6.45) is 7.33. The van der Waals surface area contributed by atoms with Gasteiger partial charge in [0.05, 0.1) is 0 Å². The first-order chi connectivity index (χ1) is 9.92. The van der Waals surface area contributed by atoms with E-state index in [0.717, 1.165) is 32.7 Å². The molecule has 0 unspecified atom stereocenters. The molecule has 4 aromatic rings. The van der Waals surface area contributed by atoms with Crippen LogP contribution in [0.15, 0.2) is 61.2 Å². The van der Waals surface area contributed by atoms with E-state index in [1.807, 2.05) is 42.9 Å². The van der Waals surface area contributed by atoms with Gasteiger partial charge in [0.1, 0.15) is 0 Å². The number of hydrogen-bond donors (Lipinski definition) is 0. The molecule has 2 aromatic heterocycles. The normalized spacial score (nSPS) is 10.5. The van der Waals surface area contributed by atoms with Gasteiger partial charge < -0.3 is 0 Å². The van der Waals surface area contributed by atoms with E-state index in [1.165, 1.54) is 0 Å². The molecule has 0 aliphatic rings. The van der Waals surface area contributed by atoms with Crippen LogP contribution in [0.5, 0.6) is 0 Å². The second kappa shape index (κ2) is 6.01. The SMILES string of the molecule is [Y].[c-]1ccc2cnccc2c1-c1[c-]c2ccncc2cc1. The van der Waals surface area contributed by atoms with E-state index in [1.54, 1.807) is 6.20 Å². The van der Waals surface area contributed by atoms with Gasteiger partial charge in [-0.1, -0.05) is 16.8 Å². The van der Waals surface area contributed by atoms with Gasteiger partial charge in [-0.05, 0) is 12.4 Å². The summed E-state index contributed by atoms with van der Waals surface area (Å²) >= 11 is 0. The molecule has 2 nitrogen and oxygen atoms in total. The maximum atomic E-state index is 4.17. The van der Waals surface area contributed by atoms with Crippen molar-refractivity contribution in [3.05, 3.63) is 73.3 Å². The van der Waals surface area contributed by atoms with E-state index >= 15 is 0 Å². The molecule has 0 aliphatic carbocycles. The second-order valence-electron chi connectivity index (χ2n) is 4.65. The fraction of sp³-hybridized carbons (Fsp3) is 0. The fourth-order valence-corrected chi connectivity index (χ4v) is 2.44.